The standard InChI is InChI=1S/C12H22N4O2/c1-13-12(18)10-3-2-6-16(10)11(17)9-15-7-4-14-5-8-15/h10,14H,2-9H2,1H3,(H,13,18). The molecule has 0 radical (unpaired) electrons. The average molecular weight is 254 g/mol. The lowest BCUT2D eigenvalue weighted by molar-refractivity contribution is -0.139. The molecule has 0 aromatic carbocycles. The van der Waals surface area contributed by atoms with Crippen molar-refractivity contribution in [3.05, 3.63) is 0 Å². The Kier molecular flexibility index (Phi) is 4.54. The monoisotopic (exact) mass is 254 g/mol. The van der Waals surface area contributed by atoms with Crippen molar-refractivity contribution >= 4 is 11.8 Å². The minimum atomic E-state index is -0.259. The van der Waals surface area contributed by atoms with Gasteiger partial charge in [-0.25, -0.2) is 0 Å². The molecule has 6 nitrogen and oxygen atoms in total. The lowest BCUT2D eigenvalue weighted by Crippen LogP contribution is -2.51. The Hall–Kier alpha value is -1.14. The summed E-state index contributed by atoms with van der Waals surface area (Å²) in [7, 11) is 1.62. The molecule has 2 aliphatic rings. The quantitative estimate of drug-likeness (QED) is 0.652. The lowest BCUT2D eigenvalue weighted by Gasteiger charge is -2.30. The van der Waals surface area contributed by atoms with Gasteiger partial charge in [-0.1, -0.05) is 0 Å². The molecule has 2 N–H and O–H groups in total. The minimum absolute atomic E-state index is 0.0406. The van der Waals surface area contributed by atoms with Crippen molar-refractivity contribution in [2.24, 2.45) is 0 Å². The summed E-state index contributed by atoms with van der Waals surface area (Å²) in [4.78, 5) is 27.8. The largest absolute Gasteiger partial charge is 0.357 e. The van der Waals surface area contributed by atoms with Crippen molar-refractivity contribution in [3.63, 3.8) is 0 Å². The maximum Gasteiger partial charge on any atom is 0.242 e. The van der Waals surface area contributed by atoms with Crippen LogP contribution in [0.3, 0.4) is 0 Å². The molecule has 2 heterocycles. The third-order valence-electron chi connectivity index (χ3n) is 3.69. The molecule has 0 aromatic rings. The van der Waals surface area contributed by atoms with Gasteiger partial charge in [0.15, 0.2) is 0 Å². The Bertz CT molecular complexity index is 315. The van der Waals surface area contributed by atoms with Gasteiger partial charge in [0, 0.05) is 39.8 Å². The maximum atomic E-state index is 12.2. The van der Waals surface area contributed by atoms with Crippen molar-refractivity contribution in [1.29, 1.82) is 0 Å². The summed E-state index contributed by atoms with van der Waals surface area (Å²) in [6, 6.07) is -0.259. The van der Waals surface area contributed by atoms with E-state index in [0.717, 1.165) is 39.0 Å². The van der Waals surface area contributed by atoms with Gasteiger partial charge < -0.3 is 15.5 Å². The first-order valence-electron chi connectivity index (χ1n) is 6.66. The highest BCUT2D eigenvalue weighted by Crippen LogP contribution is 2.17. The highest BCUT2D eigenvalue weighted by molar-refractivity contribution is 5.88. The number of carbonyl (C=O) groups excluding carboxylic acids is 2. The second-order valence-corrected chi connectivity index (χ2v) is 4.89. The Morgan fingerprint density at radius 1 is 1.28 bits per heavy atom. The van der Waals surface area contributed by atoms with Gasteiger partial charge in [0.1, 0.15) is 6.04 Å². The fourth-order valence-electron chi connectivity index (χ4n) is 2.66. The van der Waals surface area contributed by atoms with Crippen molar-refractivity contribution in [1.82, 2.24) is 20.4 Å². The van der Waals surface area contributed by atoms with Gasteiger partial charge in [-0.15, -0.1) is 0 Å². The van der Waals surface area contributed by atoms with Crippen molar-refractivity contribution < 1.29 is 9.59 Å². The highest BCUT2D eigenvalue weighted by atomic mass is 16.2. The van der Waals surface area contributed by atoms with Crippen LogP contribution < -0.4 is 10.6 Å². The molecule has 1 unspecified atom stereocenters. The third-order valence-corrected chi connectivity index (χ3v) is 3.69. The number of rotatable bonds is 3. The number of hydrogen-bond donors (Lipinski definition) is 2. The van der Waals surface area contributed by atoms with Crippen LogP contribution in [0.1, 0.15) is 12.8 Å². The summed E-state index contributed by atoms with van der Waals surface area (Å²) in [5.41, 5.74) is 0. The van der Waals surface area contributed by atoms with Gasteiger partial charge in [-0.2, -0.15) is 0 Å². The Balaban J connectivity index is 1.89. The Morgan fingerprint density at radius 2 is 2.00 bits per heavy atom. The molecule has 18 heavy (non-hydrogen) atoms. The van der Waals surface area contributed by atoms with Crippen LogP contribution in [0.2, 0.25) is 0 Å². The van der Waals surface area contributed by atoms with Gasteiger partial charge in [0.2, 0.25) is 11.8 Å². The number of hydrogen-bond acceptors (Lipinski definition) is 4. The number of likely N-dealkylation sites (tertiary alicyclic amines) is 1. The van der Waals surface area contributed by atoms with Crippen molar-refractivity contribution in [3.8, 4) is 0 Å². The summed E-state index contributed by atoms with van der Waals surface area (Å²) in [6.07, 6.45) is 1.71. The number of nitrogens with zero attached hydrogens (tertiary/aromatic N) is 2. The molecule has 1 atom stereocenters. The third kappa shape index (κ3) is 3.00. The SMILES string of the molecule is CNC(=O)C1CCCN1C(=O)CN1CCNCC1. The van der Waals surface area contributed by atoms with Crippen LogP contribution in [0, 0.1) is 0 Å². The molecule has 2 amide bonds. The first-order valence-corrected chi connectivity index (χ1v) is 6.66. The van der Waals surface area contributed by atoms with Crippen molar-refractivity contribution in [2.75, 3.05) is 46.3 Å². The molecule has 2 saturated heterocycles. The number of carbonyl (C=O) groups is 2. The van der Waals surface area contributed by atoms with E-state index < -0.39 is 0 Å². The Labute approximate surface area is 108 Å². The second kappa shape index (κ2) is 6.15. The molecular weight excluding hydrogens is 232 g/mol. The van der Waals surface area contributed by atoms with Crippen LogP contribution in [0.5, 0.6) is 0 Å². The van der Waals surface area contributed by atoms with Crippen molar-refractivity contribution in [2.45, 2.75) is 18.9 Å². The summed E-state index contributed by atoms with van der Waals surface area (Å²) in [5, 5.41) is 5.90. The molecule has 2 aliphatic heterocycles. The van der Waals surface area contributed by atoms with E-state index in [0.29, 0.717) is 13.1 Å². The zero-order valence-electron chi connectivity index (χ0n) is 10.9. The highest BCUT2D eigenvalue weighted by Gasteiger charge is 2.33. The van der Waals surface area contributed by atoms with E-state index in [1.807, 2.05) is 0 Å². The minimum Gasteiger partial charge on any atom is -0.357 e. The van der Waals surface area contributed by atoms with Gasteiger partial charge in [-0.05, 0) is 12.8 Å². The molecule has 102 valence electrons. The first-order chi connectivity index (χ1) is 8.72. The van der Waals surface area contributed by atoms with Gasteiger partial charge in [0.05, 0.1) is 6.54 Å². The van der Waals surface area contributed by atoms with Gasteiger partial charge in [-0.3, -0.25) is 14.5 Å². The zero-order chi connectivity index (χ0) is 13.0. The van der Waals surface area contributed by atoms with E-state index in [-0.39, 0.29) is 17.9 Å². The van der Waals surface area contributed by atoms with Crippen LogP contribution in [0.15, 0.2) is 0 Å². The number of nitrogens with one attached hydrogen (secondary N) is 2. The van der Waals surface area contributed by atoms with E-state index >= 15 is 0 Å². The predicted octanol–water partition coefficient (Wildman–Crippen LogP) is -1.37. The fraction of sp³-hybridized carbons (Fsp3) is 0.833. The van der Waals surface area contributed by atoms with Crippen LogP contribution in [-0.2, 0) is 9.59 Å². The zero-order valence-corrected chi connectivity index (χ0v) is 10.9. The lowest BCUT2D eigenvalue weighted by atomic mass is 10.2. The fourth-order valence-corrected chi connectivity index (χ4v) is 2.66. The molecule has 2 rings (SSSR count). The summed E-state index contributed by atoms with van der Waals surface area (Å²) >= 11 is 0. The molecule has 0 aliphatic carbocycles. The molecule has 6 heteroatoms. The summed E-state index contributed by atoms with van der Waals surface area (Å²) in [6.45, 7) is 4.84. The molecular formula is C12H22N4O2. The number of amides is 2. The molecule has 2 fully saturated rings. The van der Waals surface area contributed by atoms with Gasteiger partial charge >= 0.3 is 0 Å². The molecule has 0 aromatic heterocycles. The summed E-state index contributed by atoms with van der Waals surface area (Å²) in [5.74, 6) is 0.0455. The average Bonchev–Trinajstić information content (AvgIpc) is 2.88. The van der Waals surface area contributed by atoms with E-state index in [2.05, 4.69) is 15.5 Å². The number of likely N-dealkylation sites (N-methyl/N-ethyl adjacent to an activating group) is 1. The van der Waals surface area contributed by atoms with Crippen LogP contribution in [-0.4, -0.2) is 74.0 Å². The predicted molar refractivity (Wildman–Crippen MR) is 68.1 cm³/mol. The van der Waals surface area contributed by atoms with Crippen LogP contribution >= 0.6 is 0 Å². The van der Waals surface area contributed by atoms with Gasteiger partial charge in [0.25, 0.3) is 0 Å². The van der Waals surface area contributed by atoms with E-state index in [1.165, 1.54) is 0 Å². The van der Waals surface area contributed by atoms with E-state index in [4.69, 9.17) is 0 Å². The molecule has 0 bridgehead atoms. The first kappa shape index (κ1) is 13.3. The van der Waals surface area contributed by atoms with Crippen LogP contribution in [0.25, 0.3) is 0 Å². The topological polar surface area (TPSA) is 64.7 Å². The molecule has 0 saturated carbocycles. The van der Waals surface area contributed by atoms with E-state index in [9.17, 15) is 9.59 Å². The van der Waals surface area contributed by atoms with Crippen LogP contribution in [0.4, 0.5) is 0 Å². The second-order valence-electron chi connectivity index (χ2n) is 4.89. The van der Waals surface area contributed by atoms with E-state index in [1.54, 1.807) is 11.9 Å². The summed E-state index contributed by atoms with van der Waals surface area (Å²) < 4.78 is 0. The normalized spacial score (nSPS) is 25.2. The Morgan fingerprint density at radius 3 is 2.67 bits per heavy atom. The molecule has 0 spiro atoms. The number of piperazine rings is 1. The maximum absolute atomic E-state index is 12.2. The smallest absolute Gasteiger partial charge is 0.242 e.